The van der Waals surface area contributed by atoms with Crippen LogP contribution in [0.2, 0.25) is 0 Å². The summed E-state index contributed by atoms with van der Waals surface area (Å²) in [4.78, 5) is 0. The van der Waals surface area contributed by atoms with Gasteiger partial charge in [-0.05, 0) is 28.3 Å². The van der Waals surface area contributed by atoms with E-state index in [4.69, 9.17) is 4.74 Å². The van der Waals surface area contributed by atoms with E-state index >= 15 is 0 Å². The quantitative estimate of drug-likeness (QED) is 0.714. The van der Waals surface area contributed by atoms with Crippen LogP contribution >= 0.6 is 0 Å². The van der Waals surface area contributed by atoms with E-state index in [0.29, 0.717) is 6.61 Å². The van der Waals surface area contributed by atoms with Gasteiger partial charge in [0.1, 0.15) is 0 Å². The van der Waals surface area contributed by atoms with Gasteiger partial charge in [0, 0.05) is 0 Å². The van der Waals surface area contributed by atoms with Gasteiger partial charge >= 0.3 is 0 Å². The van der Waals surface area contributed by atoms with Crippen molar-refractivity contribution in [2.75, 3.05) is 6.61 Å². The molecular formula is C16H14O. The smallest absolute Gasteiger partial charge is 0.0727 e. The van der Waals surface area contributed by atoms with Crippen molar-refractivity contribution in [2.45, 2.75) is 6.61 Å². The van der Waals surface area contributed by atoms with Gasteiger partial charge in [-0.3, -0.25) is 0 Å². The lowest BCUT2D eigenvalue weighted by Crippen LogP contribution is -2.08. The van der Waals surface area contributed by atoms with Gasteiger partial charge < -0.3 is 4.74 Å². The normalized spacial score (nSPS) is 16.8. The van der Waals surface area contributed by atoms with E-state index in [9.17, 15) is 0 Å². The van der Waals surface area contributed by atoms with Gasteiger partial charge in [0.15, 0.2) is 0 Å². The summed E-state index contributed by atoms with van der Waals surface area (Å²) in [5, 5.41) is 0. The fraction of sp³-hybridized carbons (Fsp3) is 0.125. The molecule has 17 heavy (non-hydrogen) atoms. The second-order valence-corrected chi connectivity index (χ2v) is 4.23. The molecule has 2 aromatic rings. The van der Waals surface area contributed by atoms with Crippen LogP contribution in [0.15, 0.2) is 54.6 Å². The van der Waals surface area contributed by atoms with Crippen LogP contribution in [0.25, 0.3) is 11.6 Å². The van der Waals surface area contributed by atoms with Gasteiger partial charge in [-0.15, -0.1) is 0 Å². The minimum Gasteiger partial charge on any atom is -0.372 e. The Labute approximate surface area is 101 Å². The minimum atomic E-state index is 0.700. The predicted octanol–water partition coefficient (Wildman–Crippen LogP) is 3.76. The molecule has 1 heteroatoms. The van der Waals surface area contributed by atoms with Crippen LogP contribution in [0.4, 0.5) is 0 Å². The van der Waals surface area contributed by atoms with Crippen LogP contribution in [0.1, 0.15) is 16.7 Å². The molecule has 1 nitrogen and oxygen atoms in total. The molecule has 0 fully saturated rings. The van der Waals surface area contributed by atoms with E-state index in [0.717, 1.165) is 6.61 Å². The fourth-order valence-corrected chi connectivity index (χ4v) is 2.18. The van der Waals surface area contributed by atoms with E-state index in [1.165, 1.54) is 22.3 Å². The maximum absolute atomic E-state index is 5.61. The Morgan fingerprint density at radius 3 is 2.47 bits per heavy atom. The second-order valence-electron chi connectivity index (χ2n) is 4.23. The maximum Gasteiger partial charge on any atom is 0.0727 e. The van der Waals surface area contributed by atoms with Crippen molar-refractivity contribution in [2.24, 2.45) is 0 Å². The van der Waals surface area contributed by atoms with Crippen LogP contribution < -0.4 is 0 Å². The molecule has 0 saturated heterocycles. The molecule has 0 unspecified atom stereocenters. The average molecular weight is 222 g/mol. The number of benzene rings is 2. The van der Waals surface area contributed by atoms with Crippen molar-refractivity contribution in [3.8, 4) is 0 Å². The van der Waals surface area contributed by atoms with Crippen molar-refractivity contribution in [3.63, 3.8) is 0 Å². The SMILES string of the molecule is C(=C1/COCc2ccccc21)/c1ccccc1. The Morgan fingerprint density at radius 2 is 1.59 bits per heavy atom. The first kappa shape index (κ1) is 10.3. The number of ether oxygens (including phenoxy) is 1. The molecule has 3 rings (SSSR count). The maximum atomic E-state index is 5.61. The zero-order valence-electron chi connectivity index (χ0n) is 9.60. The number of hydrogen-bond acceptors (Lipinski definition) is 1. The largest absolute Gasteiger partial charge is 0.372 e. The van der Waals surface area contributed by atoms with Crippen molar-refractivity contribution in [1.29, 1.82) is 0 Å². The lowest BCUT2D eigenvalue weighted by atomic mass is 9.97. The average Bonchev–Trinajstić information content (AvgIpc) is 2.40. The summed E-state index contributed by atoms with van der Waals surface area (Å²) in [5.41, 5.74) is 5.09. The van der Waals surface area contributed by atoms with E-state index < -0.39 is 0 Å². The van der Waals surface area contributed by atoms with Crippen molar-refractivity contribution < 1.29 is 4.74 Å². The lowest BCUT2D eigenvalue weighted by molar-refractivity contribution is 0.146. The molecule has 0 saturated carbocycles. The topological polar surface area (TPSA) is 9.23 Å². The van der Waals surface area contributed by atoms with Crippen molar-refractivity contribution in [3.05, 3.63) is 71.3 Å². The molecule has 0 N–H and O–H groups in total. The van der Waals surface area contributed by atoms with Gasteiger partial charge in [-0.25, -0.2) is 0 Å². The lowest BCUT2D eigenvalue weighted by Gasteiger charge is -2.19. The number of hydrogen-bond donors (Lipinski definition) is 0. The standard InChI is InChI=1S/C16H14O/c1-2-6-13(7-3-1)10-15-12-17-11-14-8-4-5-9-16(14)15/h1-10H,11-12H2/b15-10+. The molecular weight excluding hydrogens is 208 g/mol. The predicted molar refractivity (Wildman–Crippen MR) is 70.4 cm³/mol. The fourth-order valence-electron chi connectivity index (χ4n) is 2.18. The van der Waals surface area contributed by atoms with Crippen molar-refractivity contribution in [1.82, 2.24) is 0 Å². The Kier molecular flexibility index (Phi) is 2.76. The first-order valence-electron chi connectivity index (χ1n) is 5.85. The van der Waals surface area contributed by atoms with E-state index in [-0.39, 0.29) is 0 Å². The molecule has 0 spiro atoms. The third-order valence-electron chi connectivity index (χ3n) is 3.02. The summed E-state index contributed by atoms with van der Waals surface area (Å²) in [6.07, 6.45) is 2.21. The molecule has 2 aromatic carbocycles. The molecule has 0 atom stereocenters. The summed E-state index contributed by atoms with van der Waals surface area (Å²) in [7, 11) is 0. The molecule has 84 valence electrons. The number of rotatable bonds is 1. The summed E-state index contributed by atoms with van der Waals surface area (Å²) in [5.74, 6) is 0. The third kappa shape index (κ3) is 2.15. The summed E-state index contributed by atoms with van der Waals surface area (Å²) < 4.78 is 5.61. The van der Waals surface area contributed by atoms with Crippen LogP contribution in [0.5, 0.6) is 0 Å². The Bertz CT molecular complexity index is 540. The summed E-state index contributed by atoms with van der Waals surface area (Å²) in [6, 6.07) is 18.8. The van der Waals surface area contributed by atoms with E-state index in [1.807, 2.05) is 6.07 Å². The van der Waals surface area contributed by atoms with Crippen LogP contribution in [0.3, 0.4) is 0 Å². The third-order valence-corrected chi connectivity index (χ3v) is 3.02. The Morgan fingerprint density at radius 1 is 0.824 bits per heavy atom. The van der Waals surface area contributed by atoms with Gasteiger partial charge in [0.2, 0.25) is 0 Å². The monoisotopic (exact) mass is 222 g/mol. The van der Waals surface area contributed by atoms with Crippen LogP contribution in [0, 0.1) is 0 Å². The van der Waals surface area contributed by atoms with Gasteiger partial charge in [-0.2, -0.15) is 0 Å². The highest BCUT2D eigenvalue weighted by Gasteiger charge is 2.13. The molecule has 0 radical (unpaired) electrons. The highest BCUT2D eigenvalue weighted by atomic mass is 16.5. The van der Waals surface area contributed by atoms with Crippen LogP contribution in [-0.4, -0.2) is 6.61 Å². The zero-order chi connectivity index (χ0) is 11.5. The summed E-state index contributed by atoms with van der Waals surface area (Å²) in [6.45, 7) is 1.42. The molecule has 1 heterocycles. The molecule has 0 aliphatic carbocycles. The summed E-state index contributed by atoms with van der Waals surface area (Å²) >= 11 is 0. The molecule has 0 amide bonds. The minimum absolute atomic E-state index is 0.700. The zero-order valence-corrected chi connectivity index (χ0v) is 9.60. The van der Waals surface area contributed by atoms with E-state index in [1.54, 1.807) is 0 Å². The molecule has 0 bridgehead atoms. The first-order chi connectivity index (χ1) is 8.43. The Hall–Kier alpha value is -1.86. The van der Waals surface area contributed by atoms with Gasteiger partial charge in [0.25, 0.3) is 0 Å². The van der Waals surface area contributed by atoms with E-state index in [2.05, 4.69) is 54.6 Å². The van der Waals surface area contributed by atoms with Gasteiger partial charge in [-0.1, -0.05) is 54.6 Å². The Balaban J connectivity index is 2.03. The second kappa shape index (κ2) is 4.56. The van der Waals surface area contributed by atoms with Gasteiger partial charge in [0.05, 0.1) is 13.2 Å². The number of fused-ring (bicyclic) bond motifs is 1. The first-order valence-corrected chi connectivity index (χ1v) is 5.85. The molecule has 0 aromatic heterocycles. The highest BCUT2D eigenvalue weighted by Crippen LogP contribution is 2.27. The van der Waals surface area contributed by atoms with Crippen LogP contribution in [-0.2, 0) is 11.3 Å². The highest BCUT2D eigenvalue weighted by molar-refractivity contribution is 5.83. The molecule has 1 aliphatic rings. The van der Waals surface area contributed by atoms with Crippen molar-refractivity contribution >= 4 is 11.6 Å². The molecule has 1 aliphatic heterocycles.